The van der Waals surface area contributed by atoms with Gasteiger partial charge in [-0.15, -0.1) is 0 Å². The maximum atomic E-state index is 11.6. The van der Waals surface area contributed by atoms with Gasteiger partial charge in [-0.2, -0.15) is 0 Å². The van der Waals surface area contributed by atoms with E-state index in [1.807, 2.05) is 30.3 Å². The lowest BCUT2D eigenvalue weighted by molar-refractivity contribution is 0.247. The smallest absolute Gasteiger partial charge is 0.319 e. The molecule has 0 aromatic heterocycles. The Hall–Kier alpha value is -2.69. The second-order valence-corrected chi connectivity index (χ2v) is 4.17. The summed E-state index contributed by atoms with van der Waals surface area (Å²) in [6, 6.07) is 16.2. The molecular formula is C15H17N3O2. The molecule has 2 rings (SSSR count). The van der Waals surface area contributed by atoms with Gasteiger partial charge in [-0.05, 0) is 30.3 Å². The van der Waals surface area contributed by atoms with Crippen LogP contribution in [-0.4, -0.2) is 19.2 Å². The minimum absolute atomic E-state index is 0.285. The Bertz CT molecular complexity index is 558. The molecule has 0 aliphatic carbocycles. The number of nitrogens with two attached hydrogens (primary N) is 1. The average Bonchev–Trinajstić information content (AvgIpc) is 2.45. The third kappa shape index (κ3) is 4.53. The Morgan fingerprint density at radius 1 is 1.10 bits per heavy atom. The number of nitrogens with one attached hydrogen (secondary N) is 2. The fourth-order valence-corrected chi connectivity index (χ4v) is 1.64. The van der Waals surface area contributed by atoms with Crippen LogP contribution in [0, 0.1) is 0 Å². The van der Waals surface area contributed by atoms with Gasteiger partial charge in [0.2, 0.25) is 0 Å². The van der Waals surface area contributed by atoms with Gasteiger partial charge < -0.3 is 21.1 Å². The Balaban J connectivity index is 1.68. The standard InChI is InChI=1S/C15H17N3O2/c16-12-5-4-6-13(11-12)18-15(19)17-9-10-20-14-7-2-1-3-8-14/h1-8,11H,9-10,16H2,(H2,17,18,19). The van der Waals surface area contributed by atoms with E-state index in [0.29, 0.717) is 24.5 Å². The molecule has 0 spiro atoms. The molecule has 2 amide bonds. The molecule has 0 atom stereocenters. The molecule has 2 aromatic rings. The highest BCUT2D eigenvalue weighted by atomic mass is 16.5. The molecule has 0 fully saturated rings. The lowest BCUT2D eigenvalue weighted by Gasteiger charge is -2.09. The largest absolute Gasteiger partial charge is 0.492 e. The van der Waals surface area contributed by atoms with Gasteiger partial charge in [0.1, 0.15) is 12.4 Å². The van der Waals surface area contributed by atoms with E-state index in [1.54, 1.807) is 24.3 Å². The number of amides is 2. The fraction of sp³-hybridized carbons (Fsp3) is 0.133. The van der Waals surface area contributed by atoms with Crippen LogP contribution < -0.4 is 21.1 Å². The van der Waals surface area contributed by atoms with E-state index in [2.05, 4.69) is 10.6 Å². The van der Waals surface area contributed by atoms with Crippen LogP contribution in [0.4, 0.5) is 16.2 Å². The SMILES string of the molecule is Nc1cccc(NC(=O)NCCOc2ccccc2)c1. The molecule has 0 aliphatic heterocycles. The normalized spacial score (nSPS) is 9.80. The van der Waals surface area contributed by atoms with Crippen molar-refractivity contribution in [3.05, 3.63) is 54.6 Å². The van der Waals surface area contributed by atoms with Crippen LogP contribution in [0.3, 0.4) is 0 Å². The number of rotatable bonds is 5. The highest BCUT2D eigenvalue weighted by Crippen LogP contribution is 2.11. The zero-order valence-corrected chi connectivity index (χ0v) is 11.0. The predicted octanol–water partition coefficient (Wildman–Crippen LogP) is 2.47. The molecular weight excluding hydrogens is 254 g/mol. The van der Waals surface area contributed by atoms with Crippen LogP contribution in [0.1, 0.15) is 0 Å². The molecule has 0 aliphatic rings. The number of benzene rings is 2. The van der Waals surface area contributed by atoms with Crippen molar-refractivity contribution in [2.24, 2.45) is 0 Å². The fourth-order valence-electron chi connectivity index (χ4n) is 1.64. The van der Waals surface area contributed by atoms with Crippen molar-refractivity contribution >= 4 is 17.4 Å². The number of hydrogen-bond acceptors (Lipinski definition) is 3. The molecule has 0 saturated heterocycles. The summed E-state index contributed by atoms with van der Waals surface area (Å²) >= 11 is 0. The lowest BCUT2D eigenvalue weighted by atomic mass is 10.3. The maximum Gasteiger partial charge on any atom is 0.319 e. The first-order chi connectivity index (χ1) is 9.74. The van der Waals surface area contributed by atoms with Crippen molar-refractivity contribution in [1.29, 1.82) is 0 Å². The summed E-state index contributed by atoms with van der Waals surface area (Å²) in [6.07, 6.45) is 0. The van der Waals surface area contributed by atoms with E-state index < -0.39 is 0 Å². The second-order valence-electron chi connectivity index (χ2n) is 4.17. The number of anilines is 2. The highest BCUT2D eigenvalue weighted by Gasteiger charge is 2.01. The monoisotopic (exact) mass is 271 g/mol. The Morgan fingerprint density at radius 2 is 1.90 bits per heavy atom. The molecule has 0 saturated carbocycles. The first-order valence-corrected chi connectivity index (χ1v) is 6.32. The van der Waals surface area contributed by atoms with Gasteiger partial charge in [-0.25, -0.2) is 4.79 Å². The number of hydrogen-bond donors (Lipinski definition) is 3. The first-order valence-electron chi connectivity index (χ1n) is 6.32. The van der Waals surface area contributed by atoms with Crippen molar-refractivity contribution in [1.82, 2.24) is 5.32 Å². The van der Waals surface area contributed by atoms with E-state index in [0.717, 1.165) is 5.75 Å². The summed E-state index contributed by atoms with van der Waals surface area (Å²) in [4.78, 5) is 11.6. The van der Waals surface area contributed by atoms with E-state index in [4.69, 9.17) is 10.5 Å². The van der Waals surface area contributed by atoms with Gasteiger partial charge in [0.05, 0.1) is 6.54 Å². The maximum absolute atomic E-state index is 11.6. The van der Waals surface area contributed by atoms with Gasteiger partial charge in [-0.1, -0.05) is 24.3 Å². The number of carbonyl (C=O) groups excluding carboxylic acids is 1. The molecule has 5 heteroatoms. The molecule has 2 aromatic carbocycles. The Kier molecular flexibility index (Phi) is 4.83. The van der Waals surface area contributed by atoms with Crippen molar-refractivity contribution < 1.29 is 9.53 Å². The summed E-state index contributed by atoms with van der Waals surface area (Å²) in [7, 11) is 0. The van der Waals surface area contributed by atoms with Gasteiger partial charge in [0, 0.05) is 11.4 Å². The summed E-state index contributed by atoms with van der Waals surface area (Å²) in [5.41, 5.74) is 6.89. The zero-order valence-electron chi connectivity index (χ0n) is 11.0. The molecule has 5 nitrogen and oxygen atoms in total. The zero-order chi connectivity index (χ0) is 14.2. The van der Waals surface area contributed by atoms with Crippen molar-refractivity contribution in [3.63, 3.8) is 0 Å². The summed E-state index contributed by atoms with van der Waals surface area (Å²) in [5.74, 6) is 0.783. The minimum atomic E-state index is -0.285. The van der Waals surface area contributed by atoms with Crippen molar-refractivity contribution in [2.75, 3.05) is 24.2 Å². The van der Waals surface area contributed by atoms with Gasteiger partial charge in [-0.3, -0.25) is 0 Å². The Morgan fingerprint density at radius 3 is 2.65 bits per heavy atom. The van der Waals surface area contributed by atoms with Crippen molar-refractivity contribution in [3.8, 4) is 5.75 Å². The van der Waals surface area contributed by atoms with E-state index in [1.165, 1.54) is 0 Å². The van der Waals surface area contributed by atoms with Crippen LogP contribution >= 0.6 is 0 Å². The van der Waals surface area contributed by atoms with Crippen LogP contribution in [0.2, 0.25) is 0 Å². The molecule has 0 bridgehead atoms. The predicted molar refractivity (Wildman–Crippen MR) is 79.8 cm³/mol. The number of ether oxygens (including phenoxy) is 1. The lowest BCUT2D eigenvalue weighted by Crippen LogP contribution is -2.32. The molecule has 4 N–H and O–H groups in total. The van der Waals surface area contributed by atoms with Gasteiger partial charge >= 0.3 is 6.03 Å². The molecule has 0 unspecified atom stereocenters. The second kappa shape index (κ2) is 7.04. The highest BCUT2D eigenvalue weighted by molar-refractivity contribution is 5.89. The van der Waals surface area contributed by atoms with Crippen molar-refractivity contribution in [2.45, 2.75) is 0 Å². The van der Waals surface area contributed by atoms with Gasteiger partial charge in [0.15, 0.2) is 0 Å². The van der Waals surface area contributed by atoms with Crippen LogP contribution in [-0.2, 0) is 0 Å². The summed E-state index contributed by atoms with van der Waals surface area (Å²) in [6.45, 7) is 0.831. The topological polar surface area (TPSA) is 76.4 Å². The van der Waals surface area contributed by atoms with E-state index in [-0.39, 0.29) is 6.03 Å². The third-order valence-corrected chi connectivity index (χ3v) is 2.54. The summed E-state index contributed by atoms with van der Waals surface area (Å²) in [5, 5.41) is 5.40. The van der Waals surface area contributed by atoms with E-state index >= 15 is 0 Å². The van der Waals surface area contributed by atoms with Gasteiger partial charge in [0.25, 0.3) is 0 Å². The average molecular weight is 271 g/mol. The van der Waals surface area contributed by atoms with Crippen LogP contribution in [0.25, 0.3) is 0 Å². The quantitative estimate of drug-likeness (QED) is 0.577. The molecule has 20 heavy (non-hydrogen) atoms. The Labute approximate surface area is 117 Å². The molecule has 104 valence electrons. The molecule has 0 radical (unpaired) electrons. The third-order valence-electron chi connectivity index (χ3n) is 2.54. The number of nitrogen functional groups attached to an aromatic ring is 1. The summed E-state index contributed by atoms with van der Waals surface area (Å²) < 4.78 is 5.46. The minimum Gasteiger partial charge on any atom is -0.492 e. The van der Waals surface area contributed by atoms with Crippen LogP contribution in [0.15, 0.2) is 54.6 Å². The number of carbonyl (C=O) groups is 1. The van der Waals surface area contributed by atoms with Crippen LogP contribution in [0.5, 0.6) is 5.75 Å². The number of urea groups is 1. The molecule has 0 heterocycles. The number of para-hydroxylation sites is 1. The first kappa shape index (κ1) is 13.7. The van der Waals surface area contributed by atoms with E-state index in [9.17, 15) is 4.79 Å².